The van der Waals surface area contributed by atoms with Gasteiger partial charge in [-0.15, -0.1) is 0 Å². The van der Waals surface area contributed by atoms with Crippen LogP contribution in [0.2, 0.25) is 0 Å². The first-order valence-electron chi connectivity index (χ1n) is 8.37. The Balaban J connectivity index is 1.83. The molecule has 0 spiro atoms. The van der Waals surface area contributed by atoms with E-state index >= 15 is 0 Å². The molecule has 0 atom stereocenters. The Bertz CT molecular complexity index is 714. The van der Waals surface area contributed by atoms with E-state index < -0.39 is 0 Å². The van der Waals surface area contributed by atoms with E-state index in [1.54, 1.807) is 21.3 Å². The standard InChI is InChI=1S/C20H27N3O2/c1-15-6-5-7-17(12-15)14-23-20(21-2)22-11-10-16-8-9-18(24-3)19(13-16)25-4/h5-9,12-13H,10-11,14H2,1-4H3,(H2,21,22,23). The van der Waals surface area contributed by atoms with E-state index in [4.69, 9.17) is 9.47 Å². The van der Waals surface area contributed by atoms with Gasteiger partial charge >= 0.3 is 0 Å². The third-order valence-corrected chi connectivity index (χ3v) is 3.92. The molecule has 0 fully saturated rings. The second-order valence-corrected chi connectivity index (χ2v) is 5.78. The number of rotatable bonds is 7. The summed E-state index contributed by atoms with van der Waals surface area (Å²) in [4.78, 5) is 4.27. The highest BCUT2D eigenvalue weighted by atomic mass is 16.5. The lowest BCUT2D eigenvalue weighted by molar-refractivity contribution is 0.354. The van der Waals surface area contributed by atoms with Crippen molar-refractivity contribution in [3.63, 3.8) is 0 Å². The molecule has 25 heavy (non-hydrogen) atoms. The van der Waals surface area contributed by atoms with Crippen LogP contribution in [0.3, 0.4) is 0 Å². The predicted molar refractivity (Wildman–Crippen MR) is 103 cm³/mol. The molecule has 5 heteroatoms. The molecule has 134 valence electrons. The van der Waals surface area contributed by atoms with E-state index in [0.29, 0.717) is 0 Å². The van der Waals surface area contributed by atoms with Crippen LogP contribution in [-0.2, 0) is 13.0 Å². The Morgan fingerprint density at radius 2 is 1.76 bits per heavy atom. The van der Waals surface area contributed by atoms with Gasteiger partial charge in [-0.25, -0.2) is 0 Å². The molecule has 0 aromatic heterocycles. The van der Waals surface area contributed by atoms with Crippen molar-refractivity contribution in [2.75, 3.05) is 27.8 Å². The Labute approximate surface area is 150 Å². The van der Waals surface area contributed by atoms with Crippen molar-refractivity contribution in [2.24, 2.45) is 4.99 Å². The molecule has 5 nitrogen and oxygen atoms in total. The molecule has 0 aliphatic carbocycles. The van der Waals surface area contributed by atoms with E-state index in [-0.39, 0.29) is 0 Å². The first kappa shape index (κ1) is 18.6. The van der Waals surface area contributed by atoms with Gasteiger partial charge in [-0.05, 0) is 36.6 Å². The number of guanidine groups is 1. The average molecular weight is 341 g/mol. The fourth-order valence-corrected chi connectivity index (χ4v) is 2.59. The maximum absolute atomic E-state index is 5.34. The van der Waals surface area contributed by atoms with E-state index in [0.717, 1.165) is 37.0 Å². The Morgan fingerprint density at radius 1 is 0.960 bits per heavy atom. The van der Waals surface area contributed by atoms with Crippen LogP contribution >= 0.6 is 0 Å². The Morgan fingerprint density at radius 3 is 2.44 bits per heavy atom. The van der Waals surface area contributed by atoms with Crippen molar-refractivity contribution >= 4 is 5.96 Å². The largest absolute Gasteiger partial charge is 0.493 e. The molecule has 0 heterocycles. The van der Waals surface area contributed by atoms with Crippen molar-refractivity contribution < 1.29 is 9.47 Å². The molecule has 2 N–H and O–H groups in total. The summed E-state index contributed by atoms with van der Waals surface area (Å²) in [6, 6.07) is 14.4. The van der Waals surface area contributed by atoms with Gasteiger partial charge in [0.05, 0.1) is 14.2 Å². The highest BCUT2D eigenvalue weighted by Gasteiger charge is 2.05. The molecule has 0 radical (unpaired) electrons. The van der Waals surface area contributed by atoms with Gasteiger partial charge in [-0.1, -0.05) is 35.9 Å². The maximum atomic E-state index is 5.34. The zero-order valence-corrected chi connectivity index (χ0v) is 15.4. The highest BCUT2D eigenvalue weighted by Crippen LogP contribution is 2.27. The van der Waals surface area contributed by atoms with E-state index in [1.165, 1.54) is 16.7 Å². The monoisotopic (exact) mass is 341 g/mol. The quantitative estimate of drug-likeness (QED) is 0.601. The highest BCUT2D eigenvalue weighted by molar-refractivity contribution is 5.79. The summed E-state index contributed by atoms with van der Waals surface area (Å²) in [6.07, 6.45) is 0.867. The van der Waals surface area contributed by atoms with Gasteiger partial charge in [0.1, 0.15) is 0 Å². The summed E-state index contributed by atoms with van der Waals surface area (Å²) >= 11 is 0. The minimum Gasteiger partial charge on any atom is -0.493 e. The van der Waals surface area contributed by atoms with Gasteiger partial charge in [0, 0.05) is 20.1 Å². The predicted octanol–water partition coefficient (Wildman–Crippen LogP) is 2.92. The van der Waals surface area contributed by atoms with Crippen molar-refractivity contribution in [3.8, 4) is 11.5 Å². The number of nitrogens with zero attached hydrogens (tertiary/aromatic N) is 1. The van der Waals surface area contributed by atoms with Crippen LogP contribution in [0, 0.1) is 6.92 Å². The summed E-state index contributed by atoms with van der Waals surface area (Å²) < 4.78 is 10.6. The Kier molecular flexibility index (Phi) is 7.14. The number of benzene rings is 2. The molecule has 0 saturated carbocycles. The van der Waals surface area contributed by atoms with Gasteiger partial charge in [0.15, 0.2) is 17.5 Å². The van der Waals surface area contributed by atoms with Gasteiger partial charge in [-0.2, -0.15) is 0 Å². The average Bonchev–Trinajstić information content (AvgIpc) is 2.64. The summed E-state index contributed by atoms with van der Waals surface area (Å²) in [5, 5.41) is 6.67. The minimum atomic E-state index is 0.745. The van der Waals surface area contributed by atoms with E-state index in [1.807, 2.05) is 18.2 Å². The van der Waals surface area contributed by atoms with E-state index in [2.05, 4.69) is 46.8 Å². The lowest BCUT2D eigenvalue weighted by atomic mass is 10.1. The summed E-state index contributed by atoms with van der Waals surface area (Å²) in [5.41, 5.74) is 3.68. The SMILES string of the molecule is CN=C(NCCc1ccc(OC)c(OC)c1)NCc1cccc(C)c1. The van der Waals surface area contributed by atoms with Crippen molar-refractivity contribution in [2.45, 2.75) is 19.9 Å². The van der Waals surface area contributed by atoms with Crippen LogP contribution in [-0.4, -0.2) is 33.8 Å². The zero-order chi connectivity index (χ0) is 18.1. The molecule has 0 bridgehead atoms. The molecular weight excluding hydrogens is 314 g/mol. The number of nitrogens with one attached hydrogen (secondary N) is 2. The van der Waals surface area contributed by atoms with Gasteiger partial charge in [0.2, 0.25) is 0 Å². The molecule has 2 aromatic rings. The number of methoxy groups -OCH3 is 2. The molecule has 2 aromatic carbocycles. The summed E-state index contributed by atoms with van der Waals surface area (Å²) in [5.74, 6) is 2.29. The Hall–Kier alpha value is -2.69. The van der Waals surface area contributed by atoms with Gasteiger partial charge < -0.3 is 20.1 Å². The third-order valence-electron chi connectivity index (χ3n) is 3.92. The molecule has 0 aliphatic heterocycles. The minimum absolute atomic E-state index is 0.745. The smallest absolute Gasteiger partial charge is 0.191 e. The lowest BCUT2D eigenvalue weighted by Crippen LogP contribution is -2.37. The van der Waals surface area contributed by atoms with Crippen LogP contribution in [0.5, 0.6) is 11.5 Å². The second-order valence-electron chi connectivity index (χ2n) is 5.78. The number of hydrogen-bond donors (Lipinski definition) is 2. The maximum Gasteiger partial charge on any atom is 0.191 e. The number of aryl methyl sites for hydroxylation is 1. The molecule has 0 saturated heterocycles. The summed E-state index contributed by atoms with van der Waals surface area (Å²) in [7, 11) is 5.07. The first-order chi connectivity index (χ1) is 12.2. The third kappa shape index (κ3) is 5.71. The molecular formula is C20H27N3O2. The fraction of sp³-hybridized carbons (Fsp3) is 0.350. The van der Waals surface area contributed by atoms with Crippen molar-refractivity contribution in [1.82, 2.24) is 10.6 Å². The molecule has 0 amide bonds. The van der Waals surface area contributed by atoms with Gasteiger partial charge in [-0.3, -0.25) is 4.99 Å². The normalized spacial score (nSPS) is 11.1. The van der Waals surface area contributed by atoms with Crippen LogP contribution in [0.1, 0.15) is 16.7 Å². The number of ether oxygens (including phenoxy) is 2. The van der Waals surface area contributed by atoms with Crippen molar-refractivity contribution in [3.05, 3.63) is 59.2 Å². The summed E-state index contributed by atoms with van der Waals surface area (Å²) in [6.45, 7) is 3.63. The first-order valence-corrected chi connectivity index (χ1v) is 8.37. The van der Waals surface area contributed by atoms with Crippen LogP contribution < -0.4 is 20.1 Å². The number of hydrogen-bond acceptors (Lipinski definition) is 3. The van der Waals surface area contributed by atoms with Crippen LogP contribution in [0.25, 0.3) is 0 Å². The lowest BCUT2D eigenvalue weighted by Gasteiger charge is -2.13. The zero-order valence-electron chi connectivity index (χ0n) is 15.4. The molecule has 0 unspecified atom stereocenters. The number of aliphatic imine (C=N–C) groups is 1. The second kappa shape index (κ2) is 9.57. The van der Waals surface area contributed by atoms with Crippen LogP contribution in [0.15, 0.2) is 47.5 Å². The topological polar surface area (TPSA) is 54.9 Å². The van der Waals surface area contributed by atoms with Crippen LogP contribution in [0.4, 0.5) is 0 Å². The fourth-order valence-electron chi connectivity index (χ4n) is 2.59. The van der Waals surface area contributed by atoms with Gasteiger partial charge in [0.25, 0.3) is 0 Å². The molecule has 0 aliphatic rings. The van der Waals surface area contributed by atoms with Crippen molar-refractivity contribution in [1.29, 1.82) is 0 Å². The van der Waals surface area contributed by atoms with E-state index in [9.17, 15) is 0 Å². The molecule has 2 rings (SSSR count).